The van der Waals surface area contributed by atoms with E-state index in [0.29, 0.717) is 6.67 Å². The van der Waals surface area contributed by atoms with Crippen molar-refractivity contribution >= 4 is 44.5 Å². The number of fused-ring (bicyclic) bond motifs is 1. The first-order chi connectivity index (χ1) is 12.6. The largest absolute Gasteiger partial charge is 0.296 e. The second kappa shape index (κ2) is 7.78. The zero-order valence-corrected chi connectivity index (χ0v) is 17.0. The molecule has 1 saturated heterocycles. The first kappa shape index (κ1) is 18.1. The molecule has 0 saturated carbocycles. The number of rotatable bonds is 5. The number of halogens is 1. The van der Waals surface area contributed by atoms with Crippen LogP contribution >= 0.6 is 34.3 Å². The first-order valence-corrected chi connectivity index (χ1v) is 10.8. The number of aromatic nitrogens is 2. The van der Waals surface area contributed by atoms with E-state index in [1.165, 1.54) is 9.75 Å². The molecule has 1 aliphatic rings. The van der Waals surface area contributed by atoms with Crippen LogP contribution in [0.2, 0.25) is 4.34 Å². The van der Waals surface area contributed by atoms with Crippen LogP contribution < -0.4 is 5.56 Å². The van der Waals surface area contributed by atoms with Gasteiger partial charge in [-0.25, -0.2) is 4.98 Å². The van der Waals surface area contributed by atoms with Gasteiger partial charge in [0.25, 0.3) is 5.56 Å². The summed E-state index contributed by atoms with van der Waals surface area (Å²) in [4.78, 5) is 25.3. The summed E-state index contributed by atoms with van der Waals surface area (Å²) in [5, 5.41) is 0.752. The van der Waals surface area contributed by atoms with E-state index in [4.69, 9.17) is 11.6 Å². The van der Waals surface area contributed by atoms with Gasteiger partial charge in [-0.2, -0.15) is 0 Å². The van der Waals surface area contributed by atoms with E-state index in [9.17, 15) is 4.79 Å². The van der Waals surface area contributed by atoms with Gasteiger partial charge in [0.1, 0.15) is 11.2 Å². The highest BCUT2D eigenvalue weighted by molar-refractivity contribution is 7.18. The monoisotopic (exact) mass is 408 g/mol. The van der Waals surface area contributed by atoms with Gasteiger partial charge in [0.2, 0.25) is 0 Å². The molecule has 0 bridgehead atoms. The van der Waals surface area contributed by atoms with E-state index in [0.717, 1.165) is 53.7 Å². The topological polar surface area (TPSA) is 41.4 Å². The maximum absolute atomic E-state index is 12.7. The quantitative estimate of drug-likeness (QED) is 0.647. The van der Waals surface area contributed by atoms with Gasteiger partial charge in [-0.3, -0.25) is 19.2 Å². The highest BCUT2D eigenvalue weighted by Gasteiger charge is 2.18. The van der Waals surface area contributed by atoms with Crippen LogP contribution in [0.1, 0.15) is 16.7 Å². The SMILES string of the molecule is CCc1cc2c(=O)n(CN3CCN(Cc4ccc(Cl)s4)CC3)cnc2s1. The smallest absolute Gasteiger partial charge is 0.263 e. The number of piperazine rings is 1. The van der Waals surface area contributed by atoms with Gasteiger partial charge >= 0.3 is 0 Å². The molecule has 138 valence electrons. The highest BCUT2D eigenvalue weighted by Crippen LogP contribution is 2.23. The Hall–Kier alpha value is -1.25. The number of nitrogens with zero attached hydrogens (tertiary/aromatic N) is 4. The molecule has 0 aromatic carbocycles. The van der Waals surface area contributed by atoms with Gasteiger partial charge in [-0.05, 0) is 24.6 Å². The van der Waals surface area contributed by atoms with Crippen LogP contribution in [-0.2, 0) is 19.6 Å². The Morgan fingerprint density at radius 2 is 1.88 bits per heavy atom. The maximum Gasteiger partial charge on any atom is 0.263 e. The molecule has 1 aliphatic heterocycles. The molecule has 26 heavy (non-hydrogen) atoms. The Balaban J connectivity index is 1.39. The van der Waals surface area contributed by atoms with Crippen LogP contribution in [-0.4, -0.2) is 45.5 Å². The van der Waals surface area contributed by atoms with Crippen molar-refractivity contribution in [3.8, 4) is 0 Å². The molecule has 4 heterocycles. The molecule has 1 fully saturated rings. The lowest BCUT2D eigenvalue weighted by Crippen LogP contribution is -2.47. The Morgan fingerprint density at radius 1 is 1.12 bits per heavy atom. The van der Waals surface area contributed by atoms with E-state index in [-0.39, 0.29) is 5.56 Å². The molecule has 5 nitrogen and oxygen atoms in total. The zero-order chi connectivity index (χ0) is 18.1. The van der Waals surface area contributed by atoms with Crippen molar-refractivity contribution < 1.29 is 0 Å². The minimum Gasteiger partial charge on any atom is -0.296 e. The second-order valence-corrected chi connectivity index (χ2v) is 9.46. The summed E-state index contributed by atoms with van der Waals surface area (Å²) in [6.45, 7) is 7.57. The Morgan fingerprint density at radius 3 is 2.58 bits per heavy atom. The fraction of sp³-hybridized carbons (Fsp3) is 0.444. The molecule has 0 unspecified atom stereocenters. The van der Waals surface area contributed by atoms with E-state index in [2.05, 4.69) is 27.8 Å². The van der Waals surface area contributed by atoms with Crippen molar-refractivity contribution in [2.24, 2.45) is 0 Å². The summed E-state index contributed by atoms with van der Waals surface area (Å²) in [6.07, 6.45) is 2.64. The van der Waals surface area contributed by atoms with Crippen molar-refractivity contribution in [3.05, 3.63) is 49.0 Å². The van der Waals surface area contributed by atoms with Gasteiger partial charge in [-0.15, -0.1) is 22.7 Å². The van der Waals surface area contributed by atoms with Crippen LogP contribution in [0, 0.1) is 0 Å². The number of thiophene rings is 2. The van der Waals surface area contributed by atoms with Crippen LogP contribution in [0.5, 0.6) is 0 Å². The first-order valence-electron chi connectivity index (χ1n) is 8.79. The average molecular weight is 409 g/mol. The molecule has 0 amide bonds. The lowest BCUT2D eigenvalue weighted by molar-refractivity contribution is 0.102. The van der Waals surface area contributed by atoms with E-state index in [1.807, 2.05) is 12.1 Å². The van der Waals surface area contributed by atoms with E-state index in [1.54, 1.807) is 33.6 Å². The van der Waals surface area contributed by atoms with Gasteiger partial charge in [0.05, 0.1) is 16.4 Å². The van der Waals surface area contributed by atoms with Crippen LogP contribution in [0.3, 0.4) is 0 Å². The lowest BCUT2D eigenvalue weighted by atomic mass is 10.3. The minimum atomic E-state index is 0.0709. The summed E-state index contributed by atoms with van der Waals surface area (Å²) in [7, 11) is 0. The summed E-state index contributed by atoms with van der Waals surface area (Å²) in [5.74, 6) is 0. The number of aryl methyl sites for hydroxylation is 1. The van der Waals surface area contributed by atoms with E-state index >= 15 is 0 Å². The normalized spacial score (nSPS) is 16.5. The van der Waals surface area contributed by atoms with Crippen molar-refractivity contribution in [1.82, 2.24) is 19.4 Å². The number of hydrogen-bond donors (Lipinski definition) is 0. The third-order valence-electron chi connectivity index (χ3n) is 4.74. The molecule has 3 aromatic rings. The summed E-state index contributed by atoms with van der Waals surface area (Å²) in [5.41, 5.74) is 0.0709. The molecular formula is C18H21ClN4OS2. The van der Waals surface area contributed by atoms with Crippen LogP contribution in [0.25, 0.3) is 10.2 Å². The molecule has 0 atom stereocenters. The van der Waals surface area contributed by atoms with Crippen molar-refractivity contribution in [2.75, 3.05) is 26.2 Å². The summed E-state index contributed by atoms with van der Waals surface area (Å²) < 4.78 is 2.59. The number of hydrogen-bond acceptors (Lipinski definition) is 6. The fourth-order valence-electron chi connectivity index (χ4n) is 3.25. The Kier molecular flexibility index (Phi) is 5.42. The van der Waals surface area contributed by atoms with Gasteiger partial charge < -0.3 is 0 Å². The molecule has 0 radical (unpaired) electrons. The molecule has 3 aromatic heterocycles. The Bertz CT molecular complexity index is 956. The summed E-state index contributed by atoms with van der Waals surface area (Å²) in [6, 6.07) is 6.06. The predicted octanol–water partition coefficient (Wildman–Crippen LogP) is 3.51. The molecule has 0 aliphatic carbocycles. The Labute approximate surface area is 165 Å². The lowest BCUT2D eigenvalue weighted by Gasteiger charge is -2.34. The molecule has 8 heteroatoms. The molecule has 4 rings (SSSR count). The summed E-state index contributed by atoms with van der Waals surface area (Å²) >= 11 is 9.28. The molecule has 0 N–H and O–H groups in total. The van der Waals surface area contributed by atoms with Gasteiger partial charge in [0.15, 0.2) is 0 Å². The maximum atomic E-state index is 12.7. The standard InChI is InChI=1S/C18H21ClN4OS2/c1-2-13-9-15-17(26-13)20-11-23(18(15)24)12-22-7-5-21(6-8-22)10-14-3-4-16(19)25-14/h3-4,9,11H,2,5-8,10,12H2,1H3. The fourth-order valence-corrected chi connectivity index (χ4v) is 5.30. The van der Waals surface area contributed by atoms with Gasteiger partial charge in [0, 0.05) is 42.5 Å². The van der Waals surface area contributed by atoms with Crippen molar-refractivity contribution in [1.29, 1.82) is 0 Å². The highest BCUT2D eigenvalue weighted by atomic mass is 35.5. The second-order valence-electron chi connectivity index (χ2n) is 6.55. The van der Waals surface area contributed by atoms with Crippen LogP contribution in [0.4, 0.5) is 0 Å². The third-order valence-corrected chi connectivity index (χ3v) is 7.15. The molecule has 0 spiro atoms. The third kappa shape index (κ3) is 3.87. The van der Waals surface area contributed by atoms with Gasteiger partial charge in [-0.1, -0.05) is 18.5 Å². The van der Waals surface area contributed by atoms with Crippen molar-refractivity contribution in [3.63, 3.8) is 0 Å². The zero-order valence-electron chi connectivity index (χ0n) is 14.7. The predicted molar refractivity (Wildman–Crippen MR) is 109 cm³/mol. The van der Waals surface area contributed by atoms with E-state index < -0.39 is 0 Å². The average Bonchev–Trinajstić information content (AvgIpc) is 3.25. The van der Waals surface area contributed by atoms with Crippen LogP contribution in [0.15, 0.2) is 29.3 Å². The minimum absolute atomic E-state index is 0.0709. The molecular weight excluding hydrogens is 388 g/mol. The van der Waals surface area contributed by atoms with Crippen molar-refractivity contribution in [2.45, 2.75) is 26.6 Å².